The number of benzene rings is 1. The molecule has 0 aliphatic heterocycles. The first-order valence-corrected chi connectivity index (χ1v) is 8.71. The average Bonchev–Trinajstić information content (AvgIpc) is 3.20. The van der Waals surface area contributed by atoms with Crippen LogP contribution in [0.3, 0.4) is 0 Å². The maximum absolute atomic E-state index is 12.5. The molecule has 0 bridgehead atoms. The van der Waals surface area contributed by atoms with E-state index in [1.807, 2.05) is 43.3 Å². The van der Waals surface area contributed by atoms with Gasteiger partial charge in [0.05, 0.1) is 13.2 Å². The molecule has 0 fully saturated rings. The molecule has 2 aromatic heterocycles. The van der Waals surface area contributed by atoms with Crippen LogP contribution in [-0.4, -0.2) is 40.1 Å². The maximum Gasteiger partial charge on any atom is 0.227 e. The SMILES string of the molecule is COc1ccc(C(C)N(C)C(=O)CCc2nc(-c3ccncc3)no2)cc1. The van der Waals surface area contributed by atoms with Crippen LogP contribution < -0.4 is 4.74 Å². The van der Waals surface area contributed by atoms with Crippen LogP contribution in [-0.2, 0) is 11.2 Å². The van der Waals surface area contributed by atoms with Crippen LogP contribution in [0.2, 0.25) is 0 Å². The van der Waals surface area contributed by atoms with Crippen LogP contribution >= 0.6 is 0 Å². The highest BCUT2D eigenvalue weighted by Gasteiger charge is 2.18. The summed E-state index contributed by atoms with van der Waals surface area (Å²) in [5.41, 5.74) is 1.88. The van der Waals surface area contributed by atoms with Gasteiger partial charge in [-0.1, -0.05) is 17.3 Å². The zero-order valence-electron chi connectivity index (χ0n) is 15.6. The lowest BCUT2D eigenvalue weighted by Crippen LogP contribution is -2.29. The number of amides is 1. The van der Waals surface area contributed by atoms with E-state index in [1.54, 1.807) is 31.5 Å². The third-order valence-corrected chi connectivity index (χ3v) is 4.53. The van der Waals surface area contributed by atoms with Crippen molar-refractivity contribution in [3.63, 3.8) is 0 Å². The van der Waals surface area contributed by atoms with E-state index in [-0.39, 0.29) is 11.9 Å². The second-order valence-electron chi connectivity index (χ2n) is 6.20. The van der Waals surface area contributed by atoms with Gasteiger partial charge in [-0.15, -0.1) is 0 Å². The topological polar surface area (TPSA) is 81.4 Å². The molecular formula is C20H22N4O3. The first-order valence-electron chi connectivity index (χ1n) is 8.71. The second-order valence-corrected chi connectivity index (χ2v) is 6.20. The minimum absolute atomic E-state index is 0.0157. The fraction of sp³-hybridized carbons (Fsp3) is 0.300. The van der Waals surface area contributed by atoms with Gasteiger partial charge in [-0.3, -0.25) is 9.78 Å². The summed E-state index contributed by atoms with van der Waals surface area (Å²) >= 11 is 0. The Hall–Kier alpha value is -3.22. The molecule has 0 saturated carbocycles. The molecule has 7 heteroatoms. The second kappa shape index (κ2) is 8.44. The fourth-order valence-corrected chi connectivity index (χ4v) is 2.69. The maximum atomic E-state index is 12.5. The molecule has 1 aromatic carbocycles. The van der Waals surface area contributed by atoms with E-state index in [9.17, 15) is 4.79 Å². The molecule has 0 aliphatic rings. The van der Waals surface area contributed by atoms with Gasteiger partial charge < -0.3 is 14.2 Å². The number of aryl methyl sites for hydroxylation is 1. The number of hydrogen-bond acceptors (Lipinski definition) is 6. The van der Waals surface area contributed by atoms with E-state index >= 15 is 0 Å². The van der Waals surface area contributed by atoms with Gasteiger partial charge in [-0.05, 0) is 36.8 Å². The number of rotatable bonds is 7. The third kappa shape index (κ3) is 4.49. The van der Waals surface area contributed by atoms with Crippen LogP contribution in [0, 0.1) is 0 Å². The van der Waals surface area contributed by atoms with Crippen LogP contribution in [0.5, 0.6) is 5.75 Å². The van der Waals surface area contributed by atoms with E-state index in [0.29, 0.717) is 24.6 Å². The Balaban J connectivity index is 1.57. The molecule has 0 N–H and O–H groups in total. The molecular weight excluding hydrogens is 344 g/mol. The zero-order chi connectivity index (χ0) is 19.2. The summed E-state index contributed by atoms with van der Waals surface area (Å²) in [5.74, 6) is 1.75. The number of nitrogens with zero attached hydrogens (tertiary/aromatic N) is 4. The molecule has 1 atom stereocenters. The van der Waals surface area contributed by atoms with Gasteiger partial charge in [0.25, 0.3) is 0 Å². The molecule has 3 aromatic rings. The minimum Gasteiger partial charge on any atom is -0.497 e. The summed E-state index contributed by atoms with van der Waals surface area (Å²) in [5, 5.41) is 3.96. The lowest BCUT2D eigenvalue weighted by Gasteiger charge is -2.25. The summed E-state index contributed by atoms with van der Waals surface area (Å²) in [4.78, 5) is 22.6. The lowest BCUT2D eigenvalue weighted by atomic mass is 10.1. The third-order valence-electron chi connectivity index (χ3n) is 4.53. The first-order chi connectivity index (χ1) is 13.1. The van der Waals surface area contributed by atoms with Gasteiger partial charge in [0, 0.05) is 37.8 Å². The highest BCUT2D eigenvalue weighted by Crippen LogP contribution is 2.22. The first kappa shape index (κ1) is 18.6. The lowest BCUT2D eigenvalue weighted by molar-refractivity contribution is -0.131. The molecule has 0 saturated heterocycles. The fourth-order valence-electron chi connectivity index (χ4n) is 2.69. The Labute approximate surface area is 158 Å². The van der Waals surface area contributed by atoms with Gasteiger partial charge in [-0.2, -0.15) is 4.98 Å². The number of ether oxygens (including phenoxy) is 1. The molecule has 2 heterocycles. The Morgan fingerprint density at radius 3 is 2.56 bits per heavy atom. The van der Waals surface area contributed by atoms with Crippen molar-refractivity contribution in [1.82, 2.24) is 20.0 Å². The van der Waals surface area contributed by atoms with E-state index in [4.69, 9.17) is 9.26 Å². The molecule has 140 valence electrons. The molecule has 0 radical (unpaired) electrons. The molecule has 0 spiro atoms. The highest BCUT2D eigenvalue weighted by atomic mass is 16.5. The molecule has 27 heavy (non-hydrogen) atoms. The molecule has 0 aliphatic carbocycles. The standard InChI is InChI=1S/C20H22N4O3/c1-14(15-4-6-17(26-3)7-5-15)24(2)19(25)9-8-18-22-20(23-27-18)16-10-12-21-13-11-16/h4-7,10-14H,8-9H2,1-3H3. The number of carbonyl (C=O) groups excluding carboxylic acids is 1. The van der Waals surface area contributed by atoms with Gasteiger partial charge in [0.15, 0.2) is 0 Å². The van der Waals surface area contributed by atoms with E-state index in [0.717, 1.165) is 16.9 Å². The van der Waals surface area contributed by atoms with Crippen LogP contribution in [0.15, 0.2) is 53.3 Å². The Bertz CT molecular complexity index is 878. The van der Waals surface area contributed by atoms with Crippen molar-refractivity contribution in [3.05, 3.63) is 60.2 Å². The molecule has 7 nitrogen and oxygen atoms in total. The Kier molecular flexibility index (Phi) is 5.80. The number of hydrogen-bond donors (Lipinski definition) is 0. The van der Waals surface area contributed by atoms with Crippen molar-refractivity contribution in [2.24, 2.45) is 0 Å². The zero-order valence-corrected chi connectivity index (χ0v) is 15.6. The van der Waals surface area contributed by atoms with Crippen molar-refractivity contribution in [2.75, 3.05) is 14.2 Å². The summed E-state index contributed by atoms with van der Waals surface area (Å²) in [7, 11) is 3.43. The van der Waals surface area contributed by atoms with Gasteiger partial charge >= 0.3 is 0 Å². The normalized spacial score (nSPS) is 11.8. The summed E-state index contributed by atoms with van der Waals surface area (Å²) < 4.78 is 10.4. The van der Waals surface area contributed by atoms with Crippen LogP contribution in [0.1, 0.15) is 30.8 Å². The quantitative estimate of drug-likeness (QED) is 0.638. The molecule has 1 amide bonds. The van der Waals surface area contributed by atoms with Gasteiger partial charge in [0.2, 0.25) is 17.6 Å². The van der Waals surface area contributed by atoms with Crippen LogP contribution in [0.4, 0.5) is 0 Å². The summed E-state index contributed by atoms with van der Waals surface area (Å²) in [6, 6.07) is 11.3. The smallest absolute Gasteiger partial charge is 0.227 e. The summed E-state index contributed by atoms with van der Waals surface area (Å²) in [6.07, 6.45) is 4.04. The molecule has 1 unspecified atom stereocenters. The van der Waals surface area contributed by atoms with Gasteiger partial charge in [0.1, 0.15) is 5.75 Å². The van der Waals surface area contributed by atoms with Crippen molar-refractivity contribution in [3.8, 4) is 17.1 Å². The Morgan fingerprint density at radius 2 is 1.89 bits per heavy atom. The predicted octanol–water partition coefficient (Wildman–Crippen LogP) is 3.29. The minimum atomic E-state index is -0.0431. The van der Waals surface area contributed by atoms with E-state index in [2.05, 4.69) is 15.1 Å². The van der Waals surface area contributed by atoms with Crippen molar-refractivity contribution in [1.29, 1.82) is 0 Å². The predicted molar refractivity (Wildman–Crippen MR) is 100 cm³/mol. The van der Waals surface area contributed by atoms with E-state index in [1.165, 1.54) is 0 Å². The monoisotopic (exact) mass is 366 g/mol. The average molecular weight is 366 g/mol. The van der Waals surface area contributed by atoms with Crippen molar-refractivity contribution in [2.45, 2.75) is 25.8 Å². The number of carbonyl (C=O) groups is 1. The van der Waals surface area contributed by atoms with Crippen molar-refractivity contribution >= 4 is 5.91 Å². The summed E-state index contributed by atoms with van der Waals surface area (Å²) in [6.45, 7) is 1.99. The molecule has 3 rings (SSSR count). The van der Waals surface area contributed by atoms with Gasteiger partial charge in [-0.25, -0.2) is 0 Å². The number of aromatic nitrogens is 3. The Morgan fingerprint density at radius 1 is 1.19 bits per heavy atom. The van der Waals surface area contributed by atoms with Crippen LogP contribution in [0.25, 0.3) is 11.4 Å². The number of pyridine rings is 1. The highest BCUT2D eigenvalue weighted by molar-refractivity contribution is 5.76. The van der Waals surface area contributed by atoms with E-state index < -0.39 is 0 Å². The largest absolute Gasteiger partial charge is 0.497 e. The number of methoxy groups -OCH3 is 1. The van der Waals surface area contributed by atoms with Crippen molar-refractivity contribution < 1.29 is 14.1 Å².